The van der Waals surface area contributed by atoms with Gasteiger partial charge in [-0.25, -0.2) is 0 Å². The number of pyridine rings is 1. The van der Waals surface area contributed by atoms with Crippen molar-refractivity contribution in [3.8, 4) is 11.3 Å². The number of benzene rings is 2. The summed E-state index contributed by atoms with van der Waals surface area (Å²) in [5.41, 5.74) is 7.04. The third-order valence-corrected chi connectivity index (χ3v) is 5.16. The summed E-state index contributed by atoms with van der Waals surface area (Å²) in [7, 11) is 0. The summed E-state index contributed by atoms with van der Waals surface area (Å²) in [6.07, 6.45) is 8.19. The molecule has 152 valence electrons. The van der Waals surface area contributed by atoms with E-state index in [0.717, 1.165) is 56.0 Å². The average Bonchev–Trinajstić information content (AvgIpc) is 2.83. The molecule has 0 atom stereocenters. The van der Waals surface area contributed by atoms with Crippen LogP contribution in [-0.2, 0) is 13.1 Å². The van der Waals surface area contributed by atoms with Crippen molar-refractivity contribution in [1.82, 2.24) is 15.6 Å². The van der Waals surface area contributed by atoms with Crippen molar-refractivity contribution in [3.05, 3.63) is 95.7 Å². The standard InChI is InChI=1S/C26H28N4/c1-3-15-29-25(5-1)23-11-7-21(8-12-23)19-27-17-18-28-20-22-9-13-24(14-10-22)26-6-2-4-16-30-26/h1,3,5-16,27-28H,2,4,17-20H2. The Hall–Kier alpha value is -3.08. The lowest BCUT2D eigenvalue weighted by Gasteiger charge is -2.09. The van der Waals surface area contributed by atoms with Gasteiger partial charge in [-0.3, -0.25) is 9.98 Å². The number of nitrogens with zero attached hydrogens (tertiary/aromatic N) is 2. The van der Waals surface area contributed by atoms with Gasteiger partial charge in [-0.2, -0.15) is 0 Å². The first-order valence-electron chi connectivity index (χ1n) is 10.6. The molecule has 30 heavy (non-hydrogen) atoms. The lowest BCUT2D eigenvalue weighted by molar-refractivity contribution is 0.611. The number of hydrogen-bond donors (Lipinski definition) is 2. The minimum atomic E-state index is 0.870. The maximum atomic E-state index is 4.48. The fourth-order valence-corrected chi connectivity index (χ4v) is 3.47. The number of rotatable bonds is 9. The third kappa shape index (κ3) is 5.72. The predicted molar refractivity (Wildman–Crippen MR) is 125 cm³/mol. The Labute approximate surface area is 178 Å². The van der Waals surface area contributed by atoms with Crippen molar-refractivity contribution in [2.24, 2.45) is 4.99 Å². The summed E-state index contributed by atoms with van der Waals surface area (Å²) in [6.45, 7) is 3.61. The van der Waals surface area contributed by atoms with Crippen molar-refractivity contribution in [3.63, 3.8) is 0 Å². The van der Waals surface area contributed by atoms with E-state index in [4.69, 9.17) is 0 Å². The third-order valence-electron chi connectivity index (χ3n) is 5.16. The molecular weight excluding hydrogens is 368 g/mol. The maximum Gasteiger partial charge on any atom is 0.0701 e. The van der Waals surface area contributed by atoms with Crippen LogP contribution in [0.15, 0.2) is 84.0 Å². The molecule has 0 fully saturated rings. The first kappa shape index (κ1) is 20.2. The largest absolute Gasteiger partial charge is 0.311 e. The van der Waals surface area contributed by atoms with Gasteiger partial charge in [-0.05, 0) is 41.7 Å². The van der Waals surface area contributed by atoms with Gasteiger partial charge in [-0.1, -0.05) is 60.7 Å². The molecule has 0 aliphatic carbocycles. The number of aliphatic imine (C=N–C) groups is 1. The minimum absolute atomic E-state index is 0.870. The Morgan fingerprint density at radius 1 is 0.700 bits per heavy atom. The SMILES string of the molecule is C1=NC(c2ccc(CNCCNCc3ccc(-c4ccccn4)cc3)cc2)=CCC1. The summed E-state index contributed by atoms with van der Waals surface area (Å²) >= 11 is 0. The van der Waals surface area contributed by atoms with Crippen LogP contribution in [0.4, 0.5) is 0 Å². The fraction of sp³-hybridized carbons (Fsp3) is 0.231. The number of hydrogen-bond acceptors (Lipinski definition) is 4. The molecule has 3 aromatic rings. The highest BCUT2D eigenvalue weighted by atomic mass is 14.9. The quantitative estimate of drug-likeness (QED) is 0.509. The summed E-state index contributed by atoms with van der Waals surface area (Å²) in [5.74, 6) is 0. The second kappa shape index (κ2) is 10.6. The zero-order valence-electron chi connectivity index (χ0n) is 17.2. The highest BCUT2D eigenvalue weighted by Gasteiger charge is 2.03. The van der Waals surface area contributed by atoms with Crippen LogP contribution >= 0.6 is 0 Å². The van der Waals surface area contributed by atoms with Crippen molar-refractivity contribution in [2.75, 3.05) is 13.1 Å². The van der Waals surface area contributed by atoms with Gasteiger partial charge in [0, 0.05) is 44.2 Å². The monoisotopic (exact) mass is 396 g/mol. The normalized spacial score (nSPS) is 13.3. The van der Waals surface area contributed by atoms with Crippen LogP contribution in [-0.4, -0.2) is 24.3 Å². The molecule has 1 aliphatic heterocycles. The summed E-state index contributed by atoms with van der Waals surface area (Å²) in [4.78, 5) is 8.87. The molecule has 0 spiro atoms. The zero-order valence-corrected chi connectivity index (χ0v) is 17.2. The van der Waals surface area contributed by atoms with E-state index >= 15 is 0 Å². The first-order chi connectivity index (χ1) is 14.9. The van der Waals surface area contributed by atoms with E-state index < -0.39 is 0 Å². The van der Waals surface area contributed by atoms with Crippen molar-refractivity contribution in [2.45, 2.75) is 25.9 Å². The maximum absolute atomic E-state index is 4.48. The van der Waals surface area contributed by atoms with E-state index in [-0.39, 0.29) is 0 Å². The molecule has 1 aromatic heterocycles. The second-order valence-corrected chi connectivity index (χ2v) is 7.44. The molecule has 0 bridgehead atoms. The van der Waals surface area contributed by atoms with Gasteiger partial charge >= 0.3 is 0 Å². The molecule has 0 radical (unpaired) electrons. The molecule has 4 nitrogen and oxygen atoms in total. The van der Waals surface area contributed by atoms with Crippen LogP contribution in [0.2, 0.25) is 0 Å². The first-order valence-corrected chi connectivity index (χ1v) is 10.6. The van der Waals surface area contributed by atoms with Gasteiger partial charge in [0.15, 0.2) is 0 Å². The molecule has 4 heteroatoms. The van der Waals surface area contributed by atoms with Crippen LogP contribution in [0.5, 0.6) is 0 Å². The number of nitrogens with one attached hydrogen (secondary N) is 2. The van der Waals surface area contributed by atoms with Crippen molar-refractivity contribution >= 4 is 11.9 Å². The molecule has 1 aliphatic rings. The van der Waals surface area contributed by atoms with Gasteiger partial charge in [0.1, 0.15) is 0 Å². The van der Waals surface area contributed by atoms with Gasteiger partial charge in [0.25, 0.3) is 0 Å². The van der Waals surface area contributed by atoms with Crippen LogP contribution in [0, 0.1) is 0 Å². The van der Waals surface area contributed by atoms with Gasteiger partial charge in [0.05, 0.1) is 11.4 Å². The Bertz CT molecular complexity index is 974. The Morgan fingerprint density at radius 2 is 1.37 bits per heavy atom. The smallest absolute Gasteiger partial charge is 0.0701 e. The summed E-state index contributed by atoms with van der Waals surface area (Å²) in [5, 5.41) is 7.00. The molecule has 4 rings (SSSR count). The molecule has 2 N–H and O–H groups in total. The minimum Gasteiger partial charge on any atom is -0.311 e. The van der Waals surface area contributed by atoms with E-state index in [0.29, 0.717) is 0 Å². The molecule has 2 aromatic carbocycles. The van der Waals surface area contributed by atoms with E-state index in [9.17, 15) is 0 Å². The average molecular weight is 397 g/mol. The van der Waals surface area contributed by atoms with Crippen molar-refractivity contribution in [1.29, 1.82) is 0 Å². The molecule has 0 saturated heterocycles. The van der Waals surface area contributed by atoms with E-state index in [1.54, 1.807) is 0 Å². The van der Waals surface area contributed by atoms with Crippen LogP contribution in [0.3, 0.4) is 0 Å². The Morgan fingerprint density at radius 3 is 1.93 bits per heavy atom. The lowest BCUT2D eigenvalue weighted by atomic mass is 10.1. The Kier molecular flexibility index (Phi) is 7.16. The van der Waals surface area contributed by atoms with Crippen LogP contribution < -0.4 is 10.6 Å². The van der Waals surface area contributed by atoms with Gasteiger partial charge < -0.3 is 10.6 Å². The topological polar surface area (TPSA) is 49.3 Å². The van der Waals surface area contributed by atoms with Crippen LogP contribution in [0.25, 0.3) is 17.0 Å². The summed E-state index contributed by atoms with van der Waals surface area (Å²) < 4.78 is 0. The van der Waals surface area contributed by atoms with Gasteiger partial charge in [0.2, 0.25) is 0 Å². The van der Waals surface area contributed by atoms with Crippen LogP contribution in [0.1, 0.15) is 29.5 Å². The highest BCUT2D eigenvalue weighted by Crippen LogP contribution is 2.20. The zero-order chi connectivity index (χ0) is 20.4. The van der Waals surface area contributed by atoms with E-state index in [2.05, 4.69) is 75.2 Å². The fourth-order valence-electron chi connectivity index (χ4n) is 3.47. The van der Waals surface area contributed by atoms with Gasteiger partial charge in [-0.15, -0.1) is 0 Å². The highest BCUT2D eigenvalue weighted by molar-refractivity contribution is 5.76. The molecular formula is C26H28N4. The lowest BCUT2D eigenvalue weighted by Crippen LogP contribution is -2.26. The number of aromatic nitrogens is 1. The van der Waals surface area contributed by atoms with E-state index in [1.807, 2.05) is 30.6 Å². The Balaban J connectivity index is 1.14. The molecule has 0 saturated carbocycles. The van der Waals surface area contributed by atoms with E-state index in [1.165, 1.54) is 16.7 Å². The second-order valence-electron chi connectivity index (χ2n) is 7.44. The summed E-state index contributed by atoms with van der Waals surface area (Å²) in [6, 6.07) is 23.3. The molecule has 0 unspecified atom stereocenters. The molecule has 0 amide bonds. The predicted octanol–water partition coefficient (Wildman–Crippen LogP) is 4.83. The molecule has 2 heterocycles. The number of allylic oxidation sites excluding steroid dienone is 1. The van der Waals surface area contributed by atoms with Crippen molar-refractivity contribution < 1.29 is 0 Å².